The molecule has 2 aliphatic rings. The quantitative estimate of drug-likeness (QED) is 0.337. The SMILES string of the molecule is CN1CCN(c2ccc(Nc3nc(Nc4ccc(C(=O)NC5CCC(=O)CC5)cc4)ncc3C(N)=O)cc2)CC1. The average molecular weight is 543 g/mol. The lowest BCUT2D eigenvalue weighted by atomic mass is 9.94. The molecule has 0 spiro atoms. The first-order valence-corrected chi connectivity index (χ1v) is 13.5. The largest absolute Gasteiger partial charge is 0.369 e. The van der Waals surface area contributed by atoms with Crippen LogP contribution in [0.25, 0.3) is 0 Å². The lowest BCUT2D eigenvalue weighted by Crippen LogP contribution is -2.44. The Balaban J connectivity index is 1.24. The summed E-state index contributed by atoms with van der Waals surface area (Å²) in [4.78, 5) is 49.5. The molecule has 1 saturated heterocycles. The van der Waals surface area contributed by atoms with Gasteiger partial charge in [-0.05, 0) is 68.4 Å². The third kappa shape index (κ3) is 6.73. The molecule has 1 aromatic heterocycles. The standard InChI is InChI=1S/C29H34N8O3/c1-36-14-16-37(17-15-36)23-10-6-20(7-11-23)32-27-25(26(30)39)18-31-29(35-27)34-22-4-2-19(3-5-22)28(40)33-21-8-12-24(38)13-9-21/h2-7,10-11,18,21H,8-9,12-17H2,1H3,(H2,30,39)(H,33,40)(H2,31,32,34,35). The van der Waals surface area contributed by atoms with Crippen LogP contribution in [0, 0.1) is 0 Å². The molecule has 40 heavy (non-hydrogen) atoms. The molecule has 1 aliphatic heterocycles. The maximum absolute atomic E-state index is 12.6. The zero-order chi connectivity index (χ0) is 28.1. The summed E-state index contributed by atoms with van der Waals surface area (Å²) in [6.07, 6.45) is 3.77. The minimum atomic E-state index is -0.638. The van der Waals surface area contributed by atoms with Crippen molar-refractivity contribution >= 4 is 46.4 Å². The first-order chi connectivity index (χ1) is 19.3. The minimum Gasteiger partial charge on any atom is -0.369 e. The van der Waals surface area contributed by atoms with Crippen LogP contribution in [-0.2, 0) is 4.79 Å². The Hall–Kier alpha value is -4.51. The molecule has 2 fully saturated rings. The Kier molecular flexibility index (Phi) is 8.20. The predicted octanol–water partition coefficient (Wildman–Crippen LogP) is 3.06. The van der Waals surface area contributed by atoms with Gasteiger partial charge in [0.25, 0.3) is 11.8 Å². The van der Waals surface area contributed by atoms with Gasteiger partial charge in [0.1, 0.15) is 17.2 Å². The van der Waals surface area contributed by atoms with Gasteiger partial charge in [-0.1, -0.05) is 0 Å². The van der Waals surface area contributed by atoms with E-state index < -0.39 is 5.91 Å². The summed E-state index contributed by atoms with van der Waals surface area (Å²) in [6.45, 7) is 4.01. The number of nitrogens with zero attached hydrogens (tertiary/aromatic N) is 4. The first kappa shape index (κ1) is 27.1. The topological polar surface area (TPSA) is 146 Å². The number of Topliss-reactive ketones (excluding diaryl/α,β-unsaturated/α-hetero) is 1. The number of benzene rings is 2. The minimum absolute atomic E-state index is 0.0223. The van der Waals surface area contributed by atoms with E-state index in [-0.39, 0.29) is 29.2 Å². The number of carbonyl (C=O) groups excluding carboxylic acids is 3. The van der Waals surface area contributed by atoms with Gasteiger partial charge in [-0.2, -0.15) is 4.98 Å². The number of hydrogen-bond donors (Lipinski definition) is 4. The van der Waals surface area contributed by atoms with Gasteiger partial charge in [-0.25, -0.2) is 4.98 Å². The summed E-state index contributed by atoms with van der Waals surface area (Å²) in [5.41, 5.74) is 8.86. The number of anilines is 5. The third-order valence-electron chi connectivity index (χ3n) is 7.33. The van der Waals surface area contributed by atoms with Gasteiger partial charge in [0.05, 0.1) is 0 Å². The van der Waals surface area contributed by atoms with E-state index >= 15 is 0 Å². The van der Waals surface area contributed by atoms with Gasteiger partial charge in [-0.3, -0.25) is 14.4 Å². The second-order valence-corrected chi connectivity index (χ2v) is 10.3. The average Bonchev–Trinajstić information content (AvgIpc) is 2.95. The van der Waals surface area contributed by atoms with E-state index in [0.29, 0.717) is 42.8 Å². The first-order valence-electron chi connectivity index (χ1n) is 13.5. The number of primary amides is 1. The maximum Gasteiger partial charge on any atom is 0.254 e. The van der Waals surface area contributed by atoms with Crippen molar-refractivity contribution in [3.8, 4) is 0 Å². The number of rotatable bonds is 8. The molecule has 2 aromatic carbocycles. The number of amides is 2. The van der Waals surface area contributed by atoms with Crippen LogP contribution in [0.5, 0.6) is 0 Å². The molecule has 0 radical (unpaired) electrons. The van der Waals surface area contributed by atoms with E-state index in [1.54, 1.807) is 24.3 Å². The number of nitrogens with two attached hydrogens (primary N) is 1. The summed E-state index contributed by atoms with van der Waals surface area (Å²) in [5.74, 6) is 0.00770. The van der Waals surface area contributed by atoms with Crippen LogP contribution in [0.15, 0.2) is 54.7 Å². The fourth-order valence-electron chi connectivity index (χ4n) is 4.86. The highest BCUT2D eigenvalue weighted by Gasteiger charge is 2.21. The van der Waals surface area contributed by atoms with Crippen molar-refractivity contribution in [1.82, 2.24) is 20.2 Å². The Morgan fingerprint density at radius 1 is 0.900 bits per heavy atom. The monoisotopic (exact) mass is 542 g/mol. The fourth-order valence-corrected chi connectivity index (χ4v) is 4.86. The van der Waals surface area contributed by atoms with E-state index in [2.05, 4.69) is 42.8 Å². The highest BCUT2D eigenvalue weighted by molar-refractivity contribution is 5.98. The van der Waals surface area contributed by atoms with E-state index in [4.69, 9.17) is 5.73 Å². The number of piperazine rings is 1. The second-order valence-electron chi connectivity index (χ2n) is 10.3. The maximum atomic E-state index is 12.6. The van der Waals surface area contributed by atoms with Crippen LogP contribution in [-0.4, -0.2) is 71.7 Å². The van der Waals surface area contributed by atoms with Crippen molar-refractivity contribution in [3.63, 3.8) is 0 Å². The number of hydrogen-bond acceptors (Lipinski definition) is 9. The predicted molar refractivity (Wildman–Crippen MR) is 154 cm³/mol. The van der Waals surface area contributed by atoms with Gasteiger partial charge >= 0.3 is 0 Å². The van der Waals surface area contributed by atoms with Crippen LogP contribution in [0.1, 0.15) is 46.4 Å². The van der Waals surface area contributed by atoms with Crippen molar-refractivity contribution in [2.75, 3.05) is 48.8 Å². The molecule has 0 unspecified atom stereocenters. The molecular weight excluding hydrogens is 508 g/mol. The fraction of sp³-hybridized carbons (Fsp3) is 0.345. The van der Waals surface area contributed by atoms with Gasteiger partial charge in [0.15, 0.2) is 0 Å². The van der Waals surface area contributed by atoms with Crippen LogP contribution < -0.4 is 26.6 Å². The highest BCUT2D eigenvalue weighted by atomic mass is 16.2. The Morgan fingerprint density at radius 2 is 1.52 bits per heavy atom. The van der Waals surface area contributed by atoms with Crippen LogP contribution in [0.4, 0.5) is 28.8 Å². The Morgan fingerprint density at radius 3 is 2.17 bits per heavy atom. The van der Waals surface area contributed by atoms with Gasteiger partial charge in [0.2, 0.25) is 5.95 Å². The van der Waals surface area contributed by atoms with Crippen molar-refractivity contribution < 1.29 is 14.4 Å². The molecule has 2 heterocycles. The normalized spacial score (nSPS) is 16.4. The van der Waals surface area contributed by atoms with Crippen LogP contribution in [0.2, 0.25) is 0 Å². The van der Waals surface area contributed by atoms with Gasteiger partial charge in [0, 0.05) is 73.9 Å². The molecule has 11 nitrogen and oxygen atoms in total. The van der Waals surface area contributed by atoms with E-state index in [0.717, 1.165) is 37.6 Å². The van der Waals surface area contributed by atoms with Crippen molar-refractivity contribution in [2.24, 2.45) is 5.73 Å². The zero-order valence-electron chi connectivity index (χ0n) is 22.5. The molecule has 0 bridgehead atoms. The summed E-state index contributed by atoms with van der Waals surface area (Å²) in [7, 11) is 2.13. The summed E-state index contributed by atoms with van der Waals surface area (Å²) < 4.78 is 0. The lowest BCUT2D eigenvalue weighted by Gasteiger charge is -2.34. The van der Waals surface area contributed by atoms with Crippen molar-refractivity contribution in [2.45, 2.75) is 31.7 Å². The highest BCUT2D eigenvalue weighted by Crippen LogP contribution is 2.25. The van der Waals surface area contributed by atoms with Crippen molar-refractivity contribution in [3.05, 3.63) is 65.9 Å². The number of carbonyl (C=O) groups is 3. The van der Waals surface area contributed by atoms with Crippen LogP contribution >= 0.6 is 0 Å². The number of ketones is 1. The molecule has 5 rings (SSSR count). The van der Waals surface area contributed by atoms with Crippen LogP contribution in [0.3, 0.4) is 0 Å². The second kappa shape index (κ2) is 12.1. The Bertz CT molecular complexity index is 1360. The number of nitrogens with one attached hydrogen (secondary N) is 3. The number of likely N-dealkylation sites (N-methyl/N-ethyl adjacent to an activating group) is 1. The molecule has 5 N–H and O–H groups in total. The van der Waals surface area contributed by atoms with Gasteiger partial charge in [-0.15, -0.1) is 0 Å². The third-order valence-corrected chi connectivity index (χ3v) is 7.33. The van der Waals surface area contributed by atoms with Gasteiger partial charge < -0.3 is 31.5 Å². The summed E-state index contributed by atoms with van der Waals surface area (Å²) >= 11 is 0. The summed E-state index contributed by atoms with van der Waals surface area (Å²) in [5, 5.41) is 9.30. The molecular formula is C29H34N8O3. The molecule has 11 heteroatoms. The molecule has 0 atom stereocenters. The molecule has 3 aromatic rings. The van der Waals surface area contributed by atoms with Crippen molar-refractivity contribution in [1.29, 1.82) is 0 Å². The van der Waals surface area contributed by atoms with E-state index in [9.17, 15) is 14.4 Å². The zero-order valence-corrected chi connectivity index (χ0v) is 22.5. The molecule has 2 amide bonds. The molecule has 1 saturated carbocycles. The lowest BCUT2D eigenvalue weighted by molar-refractivity contribution is -0.120. The molecule has 1 aliphatic carbocycles. The summed E-state index contributed by atoms with van der Waals surface area (Å²) in [6, 6.07) is 14.9. The smallest absolute Gasteiger partial charge is 0.254 e. The van der Waals surface area contributed by atoms with E-state index in [1.165, 1.54) is 6.20 Å². The number of aromatic nitrogens is 2. The molecule has 208 valence electrons. The Labute approximate surface area is 233 Å². The van der Waals surface area contributed by atoms with E-state index in [1.807, 2.05) is 24.3 Å².